The second-order valence-electron chi connectivity index (χ2n) is 9.50. The number of hydrogen-bond donors (Lipinski definition) is 1. The van der Waals surface area contributed by atoms with Gasteiger partial charge in [-0.1, -0.05) is 18.3 Å². The van der Waals surface area contributed by atoms with Crippen LogP contribution in [0.2, 0.25) is 0 Å². The Labute approximate surface area is 210 Å². The number of amides is 1. The van der Waals surface area contributed by atoms with E-state index in [4.69, 9.17) is 23.0 Å². The zero-order valence-electron chi connectivity index (χ0n) is 19.9. The molecule has 2 fully saturated rings. The summed E-state index contributed by atoms with van der Waals surface area (Å²) in [5, 5.41) is 5.26. The van der Waals surface area contributed by atoms with Crippen LogP contribution in [0.15, 0.2) is 40.7 Å². The van der Waals surface area contributed by atoms with E-state index in [1.165, 1.54) is 5.37 Å². The summed E-state index contributed by atoms with van der Waals surface area (Å²) >= 11 is 4.96. The van der Waals surface area contributed by atoms with E-state index in [1.54, 1.807) is 0 Å². The third-order valence-corrected chi connectivity index (χ3v) is 7.63. The predicted molar refractivity (Wildman–Crippen MR) is 142 cm³/mol. The molecule has 2 N–H and O–H groups in total. The smallest absolute Gasteiger partial charge is 0.225 e. The molecule has 2 aromatic heterocycles. The first-order valence-electron chi connectivity index (χ1n) is 12.5. The molecule has 0 atom stereocenters. The molecule has 1 amide bonds. The zero-order valence-corrected chi connectivity index (χ0v) is 20.7. The molecule has 184 valence electrons. The van der Waals surface area contributed by atoms with E-state index in [1.807, 2.05) is 24.5 Å². The number of fused-ring (bicyclic) bond motifs is 1. The van der Waals surface area contributed by atoms with Gasteiger partial charge >= 0.3 is 0 Å². The number of carbonyl (C=O) groups is 1. The molecule has 35 heavy (non-hydrogen) atoms. The van der Waals surface area contributed by atoms with Gasteiger partial charge in [0.25, 0.3) is 0 Å². The van der Waals surface area contributed by atoms with Crippen molar-refractivity contribution in [1.82, 2.24) is 24.3 Å². The molecule has 0 aromatic carbocycles. The predicted octanol–water partition coefficient (Wildman–Crippen LogP) is 2.72. The van der Waals surface area contributed by atoms with Crippen LogP contribution < -0.4 is 5.84 Å². The van der Waals surface area contributed by atoms with Gasteiger partial charge in [-0.2, -0.15) is 5.10 Å². The van der Waals surface area contributed by atoms with Crippen LogP contribution in [0.25, 0.3) is 11.2 Å². The highest BCUT2D eigenvalue weighted by molar-refractivity contribution is 7.80. The number of likely N-dealkylation sites (tertiary alicyclic amines) is 2. The van der Waals surface area contributed by atoms with Gasteiger partial charge in [0, 0.05) is 49.4 Å². The lowest BCUT2D eigenvalue weighted by molar-refractivity contribution is -0.138. The number of hydrogen-bond acceptors (Lipinski definition) is 8. The second-order valence-corrected chi connectivity index (χ2v) is 9.73. The number of nitrogens with two attached hydrogens (primary N) is 1. The van der Waals surface area contributed by atoms with E-state index < -0.39 is 0 Å². The molecule has 10 heteroatoms. The van der Waals surface area contributed by atoms with Gasteiger partial charge in [-0.3, -0.25) is 14.7 Å². The lowest BCUT2D eigenvalue weighted by atomic mass is 9.93. The molecule has 3 aliphatic heterocycles. The van der Waals surface area contributed by atoms with Gasteiger partial charge in [0.05, 0.1) is 11.4 Å². The molecule has 0 unspecified atom stereocenters. The Morgan fingerprint density at radius 2 is 2.00 bits per heavy atom. The summed E-state index contributed by atoms with van der Waals surface area (Å²) in [5.41, 5.74) is 3.55. The van der Waals surface area contributed by atoms with Crippen molar-refractivity contribution < 1.29 is 4.79 Å². The van der Waals surface area contributed by atoms with Crippen molar-refractivity contribution in [2.45, 2.75) is 44.6 Å². The average Bonchev–Trinajstić information content (AvgIpc) is 3.32. The number of pyridine rings is 1. The first-order chi connectivity index (χ1) is 17.2. The Bertz CT molecular complexity index is 1170. The van der Waals surface area contributed by atoms with Crippen LogP contribution in [0.3, 0.4) is 0 Å². The van der Waals surface area contributed by atoms with Crippen molar-refractivity contribution >= 4 is 46.1 Å². The summed E-state index contributed by atoms with van der Waals surface area (Å²) in [6.45, 7) is 3.90. The van der Waals surface area contributed by atoms with E-state index in [2.05, 4.69) is 35.5 Å². The fourth-order valence-corrected chi connectivity index (χ4v) is 5.56. The van der Waals surface area contributed by atoms with E-state index >= 15 is 0 Å². The second kappa shape index (κ2) is 10.7. The van der Waals surface area contributed by atoms with Crippen molar-refractivity contribution in [3.05, 3.63) is 36.4 Å². The number of allylic oxidation sites excluding steroid dienone is 1. The average molecular weight is 493 g/mol. The van der Waals surface area contributed by atoms with Crippen LogP contribution in [-0.4, -0.2) is 79.8 Å². The van der Waals surface area contributed by atoms with Gasteiger partial charge in [-0.25, -0.2) is 9.97 Å². The van der Waals surface area contributed by atoms with Crippen molar-refractivity contribution in [2.75, 3.05) is 32.7 Å². The summed E-state index contributed by atoms with van der Waals surface area (Å²) < 4.78 is 2.28. The third-order valence-electron chi connectivity index (χ3n) is 7.36. The molecular formula is C25H32N8OS. The number of carbonyl (C=O) groups excluding carboxylic acids is 1. The lowest BCUT2D eigenvalue weighted by Gasteiger charge is -2.37. The largest absolute Gasteiger partial charge is 0.342 e. The maximum atomic E-state index is 13.3. The molecule has 2 saturated heterocycles. The minimum atomic E-state index is 0.0863. The first kappa shape index (κ1) is 23.7. The molecule has 3 aliphatic rings. The molecule has 0 radical (unpaired) electrons. The Hall–Kier alpha value is -2.98. The number of rotatable bonds is 6. The molecule has 0 spiro atoms. The fraction of sp³-hybridized carbons (Fsp3) is 0.520. The maximum absolute atomic E-state index is 13.3. The van der Waals surface area contributed by atoms with E-state index in [0.717, 1.165) is 87.4 Å². The van der Waals surface area contributed by atoms with E-state index in [9.17, 15) is 4.79 Å². The summed E-state index contributed by atoms with van der Waals surface area (Å²) in [4.78, 5) is 31.8. The lowest BCUT2D eigenvalue weighted by Crippen LogP contribution is -2.46. The van der Waals surface area contributed by atoms with Crippen molar-refractivity contribution in [3.8, 4) is 0 Å². The fourth-order valence-electron chi connectivity index (χ4n) is 5.43. The molecular weight excluding hydrogens is 460 g/mol. The third kappa shape index (κ3) is 5.04. The quantitative estimate of drug-likeness (QED) is 0.288. The molecule has 2 aromatic rings. The van der Waals surface area contributed by atoms with Gasteiger partial charge in [-0.05, 0) is 63.7 Å². The van der Waals surface area contributed by atoms with Crippen LogP contribution in [0, 0.1) is 5.92 Å². The standard InChI is InChI=1S/C25H32N8OS/c26-30-19(17-35)16-31-12-6-18(7-13-31)25(34)32-14-8-20(9-15-32)33-23-22(5-3-11-28-23)29-24(33)21-4-1-2-10-27-21/h2-3,5,10-11,17-18,20H,1,4,6-9,12-16,26H2. The van der Waals surface area contributed by atoms with Crippen molar-refractivity contribution in [3.63, 3.8) is 0 Å². The summed E-state index contributed by atoms with van der Waals surface area (Å²) in [5.74, 6) is 6.69. The summed E-state index contributed by atoms with van der Waals surface area (Å²) in [6, 6.07) is 4.20. The molecule has 0 saturated carbocycles. The SMILES string of the molecule is NN=C(C=S)CN1CCC(C(=O)N2CCC(n3c(C4=NC=CCC4)nc4cccnc43)CC2)CC1. The number of nitrogens with zero attached hydrogens (tertiary/aromatic N) is 7. The molecule has 0 aliphatic carbocycles. The molecule has 0 bridgehead atoms. The van der Waals surface area contributed by atoms with E-state index in [0.29, 0.717) is 18.2 Å². The normalized spacial score (nSPS) is 20.9. The maximum Gasteiger partial charge on any atom is 0.225 e. The van der Waals surface area contributed by atoms with Gasteiger partial charge in [0.15, 0.2) is 11.5 Å². The Kier molecular flexibility index (Phi) is 7.29. The monoisotopic (exact) mass is 492 g/mol. The Morgan fingerprint density at radius 1 is 1.20 bits per heavy atom. The summed E-state index contributed by atoms with van der Waals surface area (Å²) in [7, 11) is 0. The van der Waals surface area contributed by atoms with Crippen LogP contribution in [0.5, 0.6) is 0 Å². The number of piperidine rings is 2. The van der Waals surface area contributed by atoms with Crippen LogP contribution >= 0.6 is 12.2 Å². The number of aliphatic imine (C=N–C) groups is 1. The number of thiocarbonyl (C=S) groups is 1. The molecule has 5 rings (SSSR count). The topological polar surface area (TPSA) is 105 Å². The number of aromatic nitrogens is 3. The summed E-state index contributed by atoms with van der Waals surface area (Å²) in [6.07, 6.45) is 11.2. The highest BCUT2D eigenvalue weighted by Gasteiger charge is 2.33. The van der Waals surface area contributed by atoms with Gasteiger partial charge in [0.1, 0.15) is 5.52 Å². The number of imidazole rings is 1. The van der Waals surface area contributed by atoms with Gasteiger partial charge in [0.2, 0.25) is 5.91 Å². The minimum Gasteiger partial charge on any atom is -0.342 e. The van der Waals surface area contributed by atoms with Gasteiger partial charge < -0.3 is 15.3 Å². The highest BCUT2D eigenvalue weighted by atomic mass is 32.1. The highest BCUT2D eigenvalue weighted by Crippen LogP contribution is 2.31. The van der Waals surface area contributed by atoms with Crippen molar-refractivity contribution in [2.24, 2.45) is 21.9 Å². The first-order valence-corrected chi connectivity index (χ1v) is 12.9. The Balaban J connectivity index is 1.24. The van der Waals surface area contributed by atoms with Gasteiger partial charge in [-0.15, -0.1) is 0 Å². The van der Waals surface area contributed by atoms with Crippen LogP contribution in [0.1, 0.15) is 50.4 Å². The number of hydrazone groups is 1. The van der Waals surface area contributed by atoms with Crippen LogP contribution in [-0.2, 0) is 4.79 Å². The Morgan fingerprint density at radius 3 is 2.69 bits per heavy atom. The van der Waals surface area contributed by atoms with E-state index in [-0.39, 0.29) is 12.0 Å². The van der Waals surface area contributed by atoms with Crippen LogP contribution in [0.4, 0.5) is 0 Å². The molecule has 5 heterocycles. The zero-order chi connectivity index (χ0) is 24.2. The molecule has 9 nitrogen and oxygen atoms in total. The van der Waals surface area contributed by atoms with Crippen molar-refractivity contribution in [1.29, 1.82) is 0 Å². The minimum absolute atomic E-state index is 0.0863.